The van der Waals surface area contributed by atoms with E-state index in [0.717, 1.165) is 17.7 Å². The van der Waals surface area contributed by atoms with Gasteiger partial charge in [-0.3, -0.25) is 9.59 Å². The molecule has 1 amide bonds. The van der Waals surface area contributed by atoms with E-state index in [-0.39, 0.29) is 18.7 Å². The maximum Gasteiger partial charge on any atom is 0.310 e. The summed E-state index contributed by atoms with van der Waals surface area (Å²) in [6.07, 6.45) is 0. The molecule has 0 spiro atoms. The molecular weight excluding hydrogens is 328 g/mol. The predicted octanol–water partition coefficient (Wildman–Crippen LogP) is 3.42. The van der Waals surface area contributed by atoms with Crippen molar-refractivity contribution in [1.82, 2.24) is 4.90 Å². The summed E-state index contributed by atoms with van der Waals surface area (Å²) in [6, 6.07) is 12.2. The zero-order valence-electron chi connectivity index (χ0n) is 14.0. The number of methoxy groups -OCH3 is 1. The largest absolute Gasteiger partial charge is 0.469 e. The van der Waals surface area contributed by atoms with Crippen LogP contribution in [0.1, 0.15) is 22.8 Å². The minimum absolute atomic E-state index is 0.0203. The van der Waals surface area contributed by atoms with Crippen molar-refractivity contribution in [1.29, 1.82) is 0 Å². The van der Waals surface area contributed by atoms with E-state index in [9.17, 15) is 18.4 Å². The maximum absolute atomic E-state index is 13.5. The van der Waals surface area contributed by atoms with Crippen LogP contribution in [-0.2, 0) is 16.1 Å². The standard InChI is InChI=1S/C19H19F2NO3/c1-13(19(24)25-2)11-22(12-14-6-4-3-5-7-14)18(23)15-8-9-16(20)17(21)10-15/h3-10,13H,11-12H2,1-2H3. The SMILES string of the molecule is COC(=O)C(C)CN(Cc1ccccc1)C(=O)c1ccc(F)c(F)c1. The third-order valence-corrected chi connectivity index (χ3v) is 3.77. The molecule has 0 heterocycles. The number of rotatable bonds is 6. The first-order chi connectivity index (χ1) is 11.9. The van der Waals surface area contributed by atoms with Crippen molar-refractivity contribution in [2.24, 2.45) is 5.92 Å². The number of nitrogens with zero attached hydrogens (tertiary/aromatic N) is 1. The van der Waals surface area contributed by atoms with Crippen molar-refractivity contribution < 1.29 is 23.1 Å². The number of amides is 1. The van der Waals surface area contributed by atoms with Gasteiger partial charge in [0.1, 0.15) is 0 Å². The second-order valence-electron chi connectivity index (χ2n) is 5.72. The van der Waals surface area contributed by atoms with Gasteiger partial charge in [0.2, 0.25) is 0 Å². The van der Waals surface area contributed by atoms with Gasteiger partial charge in [-0.05, 0) is 23.8 Å². The van der Waals surface area contributed by atoms with Crippen molar-refractivity contribution in [3.05, 3.63) is 71.3 Å². The molecule has 4 nitrogen and oxygen atoms in total. The zero-order valence-corrected chi connectivity index (χ0v) is 14.0. The van der Waals surface area contributed by atoms with E-state index in [1.165, 1.54) is 18.1 Å². The molecule has 6 heteroatoms. The lowest BCUT2D eigenvalue weighted by Crippen LogP contribution is -2.37. The molecule has 2 aromatic carbocycles. The Morgan fingerprint density at radius 2 is 1.76 bits per heavy atom. The molecule has 0 aromatic heterocycles. The molecule has 1 atom stereocenters. The van der Waals surface area contributed by atoms with Crippen LogP contribution in [0.25, 0.3) is 0 Å². The van der Waals surface area contributed by atoms with Crippen molar-refractivity contribution in [3.8, 4) is 0 Å². The summed E-state index contributed by atoms with van der Waals surface area (Å²) in [5, 5.41) is 0. The van der Waals surface area contributed by atoms with Crippen LogP contribution in [0.2, 0.25) is 0 Å². The molecule has 25 heavy (non-hydrogen) atoms. The van der Waals surface area contributed by atoms with Gasteiger partial charge in [-0.25, -0.2) is 8.78 Å². The Morgan fingerprint density at radius 1 is 1.08 bits per heavy atom. The lowest BCUT2D eigenvalue weighted by atomic mass is 10.1. The molecule has 0 aliphatic carbocycles. The van der Waals surface area contributed by atoms with Gasteiger partial charge in [-0.15, -0.1) is 0 Å². The molecule has 1 unspecified atom stereocenters. The molecule has 0 bridgehead atoms. The first-order valence-electron chi connectivity index (χ1n) is 7.78. The fourth-order valence-corrected chi connectivity index (χ4v) is 2.44. The molecule has 0 radical (unpaired) electrons. The quantitative estimate of drug-likeness (QED) is 0.752. The van der Waals surface area contributed by atoms with Gasteiger partial charge in [-0.1, -0.05) is 37.3 Å². The van der Waals surface area contributed by atoms with Gasteiger partial charge in [0.05, 0.1) is 13.0 Å². The Balaban J connectivity index is 2.27. The molecule has 0 saturated carbocycles. The molecule has 132 valence electrons. The van der Waals surface area contributed by atoms with Gasteiger partial charge >= 0.3 is 5.97 Å². The molecular formula is C19H19F2NO3. The normalized spacial score (nSPS) is 11.7. The van der Waals surface area contributed by atoms with Gasteiger partial charge < -0.3 is 9.64 Å². The number of carbonyl (C=O) groups excluding carboxylic acids is 2. The number of halogens is 2. The summed E-state index contributed by atoms with van der Waals surface area (Å²) in [7, 11) is 1.28. The monoisotopic (exact) mass is 347 g/mol. The molecule has 0 aliphatic heterocycles. The Morgan fingerprint density at radius 3 is 2.36 bits per heavy atom. The van der Waals surface area contributed by atoms with Crippen molar-refractivity contribution in [2.75, 3.05) is 13.7 Å². The number of benzene rings is 2. The van der Waals surface area contributed by atoms with Crippen LogP contribution < -0.4 is 0 Å². The summed E-state index contributed by atoms with van der Waals surface area (Å²) >= 11 is 0. The van der Waals surface area contributed by atoms with E-state index in [1.807, 2.05) is 30.3 Å². The van der Waals surface area contributed by atoms with Gasteiger partial charge in [0.25, 0.3) is 5.91 Å². The van der Waals surface area contributed by atoms with Crippen molar-refractivity contribution in [2.45, 2.75) is 13.5 Å². The number of esters is 1. The summed E-state index contributed by atoms with van der Waals surface area (Å²) in [5.41, 5.74) is 0.877. The zero-order chi connectivity index (χ0) is 18.4. The van der Waals surface area contributed by atoms with E-state index in [1.54, 1.807) is 6.92 Å². The van der Waals surface area contributed by atoms with E-state index in [4.69, 9.17) is 4.74 Å². The Bertz CT molecular complexity index is 750. The number of ether oxygens (including phenoxy) is 1. The number of hydrogen-bond donors (Lipinski definition) is 0. The highest BCUT2D eigenvalue weighted by Crippen LogP contribution is 2.15. The van der Waals surface area contributed by atoms with Gasteiger partial charge in [0.15, 0.2) is 11.6 Å². The lowest BCUT2D eigenvalue weighted by molar-refractivity contribution is -0.145. The molecule has 0 saturated heterocycles. The highest BCUT2D eigenvalue weighted by atomic mass is 19.2. The summed E-state index contributed by atoms with van der Waals surface area (Å²) < 4.78 is 31.3. The van der Waals surface area contributed by atoms with Crippen molar-refractivity contribution >= 4 is 11.9 Å². The second-order valence-corrected chi connectivity index (χ2v) is 5.72. The Labute approximate surface area is 145 Å². The van der Waals surface area contributed by atoms with Gasteiger partial charge in [0, 0.05) is 18.7 Å². The maximum atomic E-state index is 13.5. The minimum Gasteiger partial charge on any atom is -0.469 e. The summed E-state index contributed by atoms with van der Waals surface area (Å²) in [5.74, 6) is -3.60. The van der Waals surface area contributed by atoms with Crippen LogP contribution in [0.5, 0.6) is 0 Å². The van der Waals surface area contributed by atoms with Crippen LogP contribution in [0, 0.1) is 17.6 Å². The van der Waals surface area contributed by atoms with Gasteiger partial charge in [-0.2, -0.15) is 0 Å². The summed E-state index contributed by atoms with van der Waals surface area (Å²) in [4.78, 5) is 25.9. The molecule has 0 fully saturated rings. The molecule has 2 rings (SSSR count). The van der Waals surface area contributed by atoms with Crippen LogP contribution >= 0.6 is 0 Å². The molecule has 0 aliphatic rings. The average molecular weight is 347 g/mol. The second kappa shape index (κ2) is 8.37. The summed E-state index contributed by atoms with van der Waals surface area (Å²) in [6.45, 7) is 1.97. The third-order valence-electron chi connectivity index (χ3n) is 3.77. The van der Waals surface area contributed by atoms with Crippen molar-refractivity contribution in [3.63, 3.8) is 0 Å². The highest BCUT2D eigenvalue weighted by Gasteiger charge is 2.23. The third kappa shape index (κ3) is 4.86. The van der Waals surface area contributed by atoms with Crippen LogP contribution in [0.3, 0.4) is 0 Å². The van der Waals surface area contributed by atoms with Crippen LogP contribution in [0.15, 0.2) is 48.5 Å². The minimum atomic E-state index is -1.09. The topological polar surface area (TPSA) is 46.6 Å². The fourth-order valence-electron chi connectivity index (χ4n) is 2.44. The molecule has 2 aromatic rings. The predicted molar refractivity (Wildman–Crippen MR) is 88.7 cm³/mol. The first kappa shape index (κ1) is 18.6. The van der Waals surface area contributed by atoms with Crippen LogP contribution in [0.4, 0.5) is 8.78 Å². The smallest absolute Gasteiger partial charge is 0.310 e. The Hall–Kier alpha value is -2.76. The van der Waals surface area contributed by atoms with E-state index < -0.39 is 29.4 Å². The van der Waals surface area contributed by atoms with E-state index in [0.29, 0.717) is 0 Å². The fraction of sp³-hybridized carbons (Fsp3) is 0.263. The Kier molecular flexibility index (Phi) is 6.22. The number of carbonyl (C=O) groups is 2. The molecule has 0 N–H and O–H groups in total. The van der Waals surface area contributed by atoms with E-state index >= 15 is 0 Å². The average Bonchev–Trinajstić information content (AvgIpc) is 2.62. The lowest BCUT2D eigenvalue weighted by Gasteiger charge is -2.25. The van der Waals surface area contributed by atoms with E-state index in [2.05, 4.69) is 0 Å². The number of hydrogen-bond acceptors (Lipinski definition) is 3. The highest BCUT2D eigenvalue weighted by molar-refractivity contribution is 5.94. The first-order valence-corrected chi connectivity index (χ1v) is 7.78. The van der Waals surface area contributed by atoms with Crippen LogP contribution in [-0.4, -0.2) is 30.4 Å².